The van der Waals surface area contributed by atoms with Crippen molar-refractivity contribution in [2.45, 2.75) is 175 Å². The minimum atomic E-state index is -1.65. The van der Waals surface area contributed by atoms with Gasteiger partial charge < -0.3 is 107 Å². The molecule has 71 heavy (non-hydrogen) atoms. The van der Waals surface area contributed by atoms with Crippen LogP contribution in [0.2, 0.25) is 0 Å². The number of primary amides is 1. The molecule has 0 unspecified atom stereocenters. The molecular formula is C43H82N16O12. The molecule has 0 aromatic carbocycles. The van der Waals surface area contributed by atoms with Gasteiger partial charge in [-0.3, -0.25) is 28.8 Å². The molecule has 13 atom stereocenters. The molecule has 0 aromatic rings. The van der Waals surface area contributed by atoms with Crippen molar-refractivity contribution in [3.05, 3.63) is 0 Å². The molecule has 0 radical (unpaired) electrons. The summed E-state index contributed by atoms with van der Waals surface area (Å²) in [7, 11) is 0. The van der Waals surface area contributed by atoms with Crippen LogP contribution >= 0.6 is 0 Å². The van der Waals surface area contributed by atoms with E-state index in [2.05, 4.69) is 47.5 Å². The van der Waals surface area contributed by atoms with Gasteiger partial charge in [0.25, 0.3) is 0 Å². The van der Waals surface area contributed by atoms with Gasteiger partial charge in [0.1, 0.15) is 31.0 Å². The smallest absolute Gasteiger partial charge is 0.404 e. The number of ether oxygens (including phenoxy) is 2. The zero-order valence-electron chi connectivity index (χ0n) is 40.6. The third-order valence-electron chi connectivity index (χ3n) is 12.1. The Hall–Kier alpha value is -5.04. The summed E-state index contributed by atoms with van der Waals surface area (Å²) in [6.07, 6.45) is -2.03. The summed E-state index contributed by atoms with van der Waals surface area (Å²) in [6.45, 7) is 1.48. The number of nitrogens with one attached hydrogen (secondary N) is 8. The van der Waals surface area contributed by atoms with E-state index in [4.69, 9.17) is 49.6 Å². The zero-order chi connectivity index (χ0) is 52.5. The number of nitrogens with zero attached hydrogens (tertiary/aromatic N) is 1. The number of β-amino-alcohol motifs (C(OH)–C–C–N with tert-alkyl or cyclic N) is 1. The lowest BCUT2D eigenvalue weighted by Crippen LogP contribution is -2.69. The second kappa shape index (κ2) is 32.1. The predicted octanol–water partition coefficient (Wildman–Crippen LogP) is -7.30. The van der Waals surface area contributed by atoms with Crippen molar-refractivity contribution in [1.29, 1.82) is 0 Å². The minimum Gasteiger partial charge on any atom is -0.447 e. The van der Waals surface area contributed by atoms with Crippen LogP contribution in [0, 0.1) is 0 Å². The van der Waals surface area contributed by atoms with Gasteiger partial charge in [0.2, 0.25) is 35.4 Å². The van der Waals surface area contributed by atoms with E-state index in [1.165, 1.54) is 0 Å². The average molecular weight is 1020 g/mol. The van der Waals surface area contributed by atoms with Gasteiger partial charge in [-0.2, -0.15) is 0 Å². The van der Waals surface area contributed by atoms with E-state index in [1.807, 2.05) is 0 Å². The number of aliphatic hydroxyl groups is 3. The van der Waals surface area contributed by atoms with Gasteiger partial charge >= 0.3 is 6.09 Å². The predicted molar refractivity (Wildman–Crippen MR) is 259 cm³/mol. The van der Waals surface area contributed by atoms with Gasteiger partial charge in [-0.1, -0.05) is 0 Å². The molecule has 28 nitrogen and oxygen atoms in total. The molecule has 2 fully saturated rings. The molecule has 0 spiro atoms. The van der Waals surface area contributed by atoms with Crippen molar-refractivity contribution >= 4 is 47.5 Å². The van der Waals surface area contributed by atoms with E-state index < -0.39 is 91.4 Å². The lowest BCUT2D eigenvalue weighted by molar-refractivity contribution is -0.198. The van der Waals surface area contributed by atoms with E-state index in [0.717, 1.165) is 6.42 Å². The van der Waals surface area contributed by atoms with Gasteiger partial charge in [-0.15, -0.1) is 0 Å². The first-order valence-corrected chi connectivity index (χ1v) is 24.6. The molecular weight excluding hydrogens is 933 g/mol. The third kappa shape index (κ3) is 23.4. The number of amides is 7. The molecule has 3 rings (SSSR count). The summed E-state index contributed by atoms with van der Waals surface area (Å²) in [6, 6.07) is -5.09. The Balaban J connectivity index is 1.24. The van der Waals surface area contributed by atoms with Crippen LogP contribution in [0.1, 0.15) is 96.3 Å². The standard InChI is InChI=1S/C43H82N16O12/c44-11-1-6-23(45)16-30(61)51-12-2-7-24(46)17-31(62)52-13-3-8-25(47)18-32(63)53-14-4-9-26(48)19-33(64)54-15-5-10-27(49)20-34(65)56-37-39(67)38(66)29(22-70-42(50)69)71-41(37)59-43-57-35-28(60)21-55-40(68)36(35)58-43/h23-29,35-39,41,60,66-67H,1-22,44-49H2,(H2,50,69)(H,51,61)(H,52,62)(H,53,63)(H,54,64)(H,55,68)(H,56,65)(H2,57,58,59)/t23-,24-,25-,26-,27-,28+,29-,35-,36-,37-,38+,39+,41+/m1/s1. The Bertz CT molecular complexity index is 1740. The fourth-order valence-electron chi connectivity index (χ4n) is 8.21. The van der Waals surface area contributed by atoms with Crippen LogP contribution in [0.4, 0.5) is 4.79 Å². The third-order valence-corrected chi connectivity index (χ3v) is 12.1. The van der Waals surface area contributed by atoms with E-state index in [-0.39, 0.29) is 86.9 Å². The van der Waals surface area contributed by atoms with E-state index in [1.54, 1.807) is 0 Å². The Labute approximate surface area is 413 Å². The summed E-state index contributed by atoms with van der Waals surface area (Å²) < 4.78 is 10.6. The molecule has 0 saturated carbocycles. The van der Waals surface area contributed by atoms with Gasteiger partial charge in [0, 0.05) is 95.0 Å². The minimum absolute atomic E-state index is 0.00440. The maximum atomic E-state index is 13.1. The normalized spacial score (nSPS) is 24.8. The van der Waals surface area contributed by atoms with Gasteiger partial charge in [0.05, 0.1) is 12.1 Å². The lowest BCUT2D eigenvalue weighted by Gasteiger charge is -2.43. The highest BCUT2D eigenvalue weighted by Crippen LogP contribution is 2.22. The SMILES string of the molecule is NCCC[C@@H](N)CC(=O)NCCC[C@@H](N)CC(=O)NCCC[C@@H](N)CC(=O)NCCC[C@@H](N)CC(=O)NCCC[C@@H](N)CC(=O)N[C@@H]1[C@H](O)[C@@H](O)[C@@H](COC(N)=O)O[C@@H]1NC1=N[C@H]2C(=O)NC[C@H](O)[C@H]2N1. The molecule has 25 N–H and O–H groups in total. The summed E-state index contributed by atoms with van der Waals surface area (Å²) in [5.41, 5.74) is 41.0. The maximum absolute atomic E-state index is 13.1. The highest BCUT2D eigenvalue weighted by molar-refractivity contribution is 5.93. The molecule has 406 valence electrons. The van der Waals surface area contributed by atoms with Gasteiger partial charge in [0.15, 0.2) is 18.2 Å². The molecule has 3 heterocycles. The Morgan fingerprint density at radius 3 is 1.49 bits per heavy atom. The molecule has 0 aromatic heterocycles. The summed E-state index contributed by atoms with van der Waals surface area (Å²) in [4.78, 5) is 90.2. The summed E-state index contributed by atoms with van der Waals surface area (Å²) in [5, 5.41) is 54.3. The van der Waals surface area contributed by atoms with Crippen LogP contribution in [0.15, 0.2) is 4.99 Å². The van der Waals surface area contributed by atoms with E-state index >= 15 is 0 Å². The Morgan fingerprint density at radius 1 is 0.662 bits per heavy atom. The number of rotatable bonds is 33. The van der Waals surface area contributed by atoms with Crippen LogP contribution in [0.3, 0.4) is 0 Å². The monoisotopic (exact) mass is 1010 g/mol. The van der Waals surface area contributed by atoms with Gasteiger partial charge in [-0.25, -0.2) is 9.79 Å². The van der Waals surface area contributed by atoms with Crippen molar-refractivity contribution in [3.63, 3.8) is 0 Å². The zero-order valence-corrected chi connectivity index (χ0v) is 40.6. The number of piperidine rings is 1. The fourth-order valence-corrected chi connectivity index (χ4v) is 8.21. The number of guanidine groups is 1. The number of carbonyl (C=O) groups is 7. The molecule has 0 aliphatic carbocycles. The fraction of sp³-hybridized carbons (Fsp3) is 0.814. The van der Waals surface area contributed by atoms with Gasteiger partial charge in [-0.05, 0) is 70.8 Å². The van der Waals surface area contributed by atoms with E-state index in [9.17, 15) is 48.9 Å². The van der Waals surface area contributed by atoms with Crippen LogP contribution in [0.5, 0.6) is 0 Å². The highest BCUT2D eigenvalue weighted by atomic mass is 16.6. The number of aliphatic imine (C=N–C) groups is 1. The molecule has 28 heteroatoms. The number of carbonyl (C=O) groups excluding carboxylic acids is 7. The van der Waals surface area contributed by atoms with Crippen molar-refractivity contribution in [2.24, 2.45) is 45.1 Å². The van der Waals surface area contributed by atoms with Crippen molar-refractivity contribution in [1.82, 2.24) is 42.5 Å². The second-order valence-corrected chi connectivity index (χ2v) is 18.6. The topological polar surface area (TPSA) is 489 Å². The number of hydrogen-bond acceptors (Lipinski definition) is 21. The number of aliphatic hydroxyl groups excluding tert-OH is 3. The number of hydrogen-bond donors (Lipinski definition) is 18. The van der Waals surface area contributed by atoms with Crippen molar-refractivity contribution in [2.75, 3.05) is 45.9 Å². The number of fused-ring (bicyclic) bond motifs is 1. The Kier molecular flexibility index (Phi) is 27.3. The van der Waals surface area contributed by atoms with Crippen LogP contribution < -0.4 is 82.7 Å². The van der Waals surface area contributed by atoms with E-state index in [0.29, 0.717) is 84.0 Å². The summed E-state index contributed by atoms with van der Waals surface area (Å²) >= 11 is 0. The molecule has 7 amide bonds. The van der Waals surface area contributed by atoms with Crippen LogP contribution in [-0.2, 0) is 38.2 Å². The molecule has 3 aliphatic rings. The summed E-state index contributed by atoms with van der Waals surface area (Å²) in [5.74, 6) is -1.80. The first kappa shape index (κ1) is 60.3. The van der Waals surface area contributed by atoms with Crippen molar-refractivity contribution in [3.8, 4) is 0 Å². The quantitative estimate of drug-likeness (QED) is 0.0272. The molecule has 0 bridgehead atoms. The Morgan fingerprint density at radius 2 is 1.08 bits per heavy atom. The first-order chi connectivity index (χ1) is 33.8. The lowest BCUT2D eigenvalue weighted by atomic mass is 9.95. The second-order valence-electron chi connectivity index (χ2n) is 18.6. The first-order valence-electron chi connectivity index (χ1n) is 24.6. The molecule has 3 aliphatic heterocycles. The van der Waals surface area contributed by atoms with Crippen LogP contribution in [0.25, 0.3) is 0 Å². The molecule has 2 saturated heterocycles. The largest absolute Gasteiger partial charge is 0.447 e. The average Bonchev–Trinajstić information content (AvgIpc) is 3.74. The number of nitrogens with two attached hydrogens (primary N) is 7. The van der Waals surface area contributed by atoms with Crippen LogP contribution in [-0.4, -0.2) is 188 Å². The maximum Gasteiger partial charge on any atom is 0.404 e. The highest BCUT2D eigenvalue weighted by Gasteiger charge is 2.48. The van der Waals surface area contributed by atoms with Crippen molar-refractivity contribution < 1.29 is 58.4 Å².